The number of nitrogens with zero attached hydrogens (tertiary/aromatic N) is 1. The number of rotatable bonds is 9. The number of nitrogens with one attached hydrogen (secondary N) is 1. The Kier molecular flexibility index (Phi) is 8.17. The molecule has 0 aliphatic carbocycles. The van der Waals surface area contributed by atoms with Crippen molar-refractivity contribution in [3.63, 3.8) is 0 Å². The first kappa shape index (κ1) is 23.2. The quantitative estimate of drug-likeness (QED) is 0.543. The molecule has 0 radical (unpaired) electrons. The average molecular weight is 431 g/mol. The molecule has 3 aromatic rings. The van der Waals surface area contributed by atoms with Gasteiger partial charge in [-0.3, -0.25) is 9.59 Å². The molecule has 0 aliphatic heterocycles. The predicted molar refractivity (Wildman–Crippen MR) is 129 cm³/mol. The monoisotopic (exact) mass is 430 g/mol. The predicted octanol–water partition coefficient (Wildman–Crippen LogP) is 3.77. The summed E-state index contributed by atoms with van der Waals surface area (Å²) < 4.78 is 0. The molecule has 166 valence electrons. The van der Waals surface area contributed by atoms with Gasteiger partial charge in [0.1, 0.15) is 6.04 Å². The van der Waals surface area contributed by atoms with E-state index in [0.717, 1.165) is 11.1 Å². The highest BCUT2D eigenvalue weighted by Gasteiger charge is 2.19. The van der Waals surface area contributed by atoms with Crippen molar-refractivity contribution >= 4 is 17.5 Å². The SMILES string of the molecule is CCN(CC)C(=O)c1cccc(NC(=O)C[NH2+][C@@H](c2ccccc2)c2ccc(C)cc2)c1. The van der Waals surface area contributed by atoms with Crippen LogP contribution in [0.2, 0.25) is 0 Å². The van der Waals surface area contributed by atoms with Gasteiger partial charge in [0.05, 0.1) is 0 Å². The molecule has 5 nitrogen and oxygen atoms in total. The van der Waals surface area contributed by atoms with Crippen LogP contribution in [0.1, 0.15) is 46.9 Å². The number of aryl methyl sites for hydroxylation is 1. The third kappa shape index (κ3) is 6.05. The number of quaternary nitrogens is 1. The molecule has 3 rings (SSSR count). The Balaban J connectivity index is 1.69. The second kappa shape index (κ2) is 11.3. The molecule has 5 heteroatoms. The van der Waals surface area contributed by atoms with Crippen molar-refractivity contribution in [2.75, 3.05) is 25.0 Å². The Morgan fingerprint density at radius 1 is 0.875 bits per heavy atom. The summed E-state index contributed by atoms with van der Waals surface area (Å²) in [6, 6.07) is 25.8. The molecule has 0 unspecified atom stereocenters. The van der Waals surface area contributed by atoms with E-state index >= 15 is 0 Å². The highest BCUT2D eigenvalue weighted by atomic mass is 16.2. The van der Waals surface area contributed by atoms with Gasteiger partial charge in [0, 0.05) is 35.5 Å². The number of hydrogen-bond acceptors (Lipinski definition) is 2. The second-order valence-electron chi connectivity index (χ2n) is 7.85. The van der Waals surface area contributed by atoms with E-state index in [-0.39, 0.29) is 24.4 Å². The molecule has 2 amide bonds. The first-order chi connectivity index (χ1) is 15.5. The van der Waals surface area contributed by atoms with E-state index in [2.05, 4.69) is 48.6 Å². The zero-order chi connectivity index (χ0) is 22.9. The number of anilines is 1. The van der Waals surface area contributed by atoms with E-state index in [0.29, 0.717) is 24.3 Å². The third-order valence-corrected chi connectivity index (χ3v) is 5.58. The van der Waals surface area contributed by atoms with Crippen LogP contribution in [0.25, 0.3) is 0 Å². The van der Waals surface area contributed by atoms with E-state index in [9.17, 15) is 9.59 Å². The summed E-state index contributed by atoms with van der Waals surface area (Å²) in [6.07, 6.45) is 0. The highest BCUT2D eigenvalue weighted by molar-refractivity contribution is 5.97. The summed E-state index contributed by atoms with van der Waals surface area (Å²) in [5.41, 5.74) is 4.72. The van der Waals surface area contributed by atoms with Gasteiger partial charge in [-0.15, -0.1) is 0 Å². The highest BCUT2D eigenvalue weighted by Crippen LogP contribution is 2.19. The maximum Gasteiger partial charge on any atom is 0.279 e. The maximum atomic E-state index is 12.7. The minimum absolute atomic E-state index is 0.0260. The molecular weight excluding hydrogens is 398 g/mol. The lowest BCUT2D eigenvalue weighted by Gasteiger charge is -2.19. The number of benzene rings is 3. The van der Waals surface area contributed by atoms with Gasteiger partial charge in [-0.05, 0) is 39.0 Å². The van der Waals surface area contributed by atoms with Gasteiger partial charge in [-0.2, -0.15) is 0 Å². The number of carbonyl (C=O) groups is 2. The first-order valence-corrected chi connectivity index (χ1v) is 11.2. The zero-order valence-corrected chi connectivity index (χ0v) is 19.0. The Hall–Kier alpha value is -3.44. The molecule has 0 aromatic heterocycles. The first-order valence-electron chi connectivity index (χ1n) is 11.2. The Labute approximate surface area is 190 Å². The standard InChI is InChI=1S/C27H31N3O2/c1-4-30(5-2)27(32)23-12-9-13-24(18-23)29-25(31)19-28-26(21-10-7-6-8-11-21)22-16-14-20(3)15-17-22/h6-18,26,28H,4-5,19H2,1-3H3,(H,29,31)/p+1/t26-/m0/s1. The number of amides is 2. The minimum Gasteiger partial charge on any atom is -0.339 e. The van der Waals surface area contributed by atoms with E-state index < -0.39 is 0 Å². The van der Waals surface area contributed by atoms with Gasteiger partial charge in [0.15, 0.2) is 6.54 Å². The Morgan fingerprint density at radius 2 is 1.53 bits per heavy atom. The molecule has 0 spiro atoms. The summed E-state index contributed by atoms with van der Waals surface area (Å²) >= 11 is 0. The summed E-state index contributed by atoms with van der Waals surface area (Å²) in [4.78, 5) is 27.1. The smallest absolute Gasteiger partial charge is 0.279 e. The van der Waals surface area contributed by atoms with E-state index in [1.165, 1.54) is 5.56 Å². The van der Waals surface area contributed by atoms with Crippen LogP contribution in [0, 0.1) is 6.92 Å². The van der Waals surface area contributed by atoms with Crippen molar-refractivity contribution in [3.05, 3.63) is 101 Å². The Bertz CT molecular complexity index is 1030. The van der Waals surface area contributed by atoms with Gasteiger partial charge < -0.3 is 15.5 Å². The molecular formula is C27H32N3O2+. The fraction of sp³-hybridized carbons (Fsp3) is 0.259. The lowest BCUT2D eigenvalue weighted by Crippen LogP contribution is -2.87. The van der Waals surface area contributed by atoms with E-state index in [1.54, 1.807) is 23.1 Å². The van der Waals surface area contributed by atoms with Crippen molar-refractivity contribution < 1.29 is 14.9 Å². The lowest BCUT2D eigenvalue weighted by atomic mass is 9.98. The van der Waals surface area contributed by atoms with Crippen molar-refractivity contribution in [2.45, 2.75) is 26.8 Å². The number of hydrogen-bond donors (Lipinski definition) is 2. The van der Waals surface area contributed by atoms with Gasteiger partial charge in [0.25, 0.3) is 11.8 Å². The molecule has 0 aliphatic rings. The summed E-state index contributed by atoms with van der Waals surface area (Å²) in [5, 5.41) is 4.98. The van der Waals surface area contributed by atoms with Gasteiger partial charge in [0.2, 0.25) is 0 Å². The van der Waals surface area contributed by atoms with E-state index in [1.807, 2.05) is 43.4 Å². The second-order valence-corrected chi connectivity index (χ2v) is 7.85. The topological polar surface area (TPSA) is 66.0 Å². The van der Waals surface area contributed by atoms with Crippen LogP contribution >= 0.6 is 0 Å². The fourth-order valence-corrected chi connectivity index (χ4v) is 3.76. The van der Waals surface area contributed by atoms with Crippen LogP contribution in [0.15, 0.2) is 78.9 Å². The van der Waals surface area contributed by atoms with E-state index in [4.69, 9.17) is 0 Å². The summed E-state index contributed by atoms with van der Waals surface area (Å²) in [6.45, 7) is 7.56. The molecule has 32 heavy (non-hydrogen) atoms. The maximum absolute atomic E-state index is 12.7. The summed E-state index contributed by atoms with van der Waals surface area (Å²) in [5.74, 6) is -0.133. The normalized spacial score (nSPS) is 11.6. The molecule has 1 atom stereocenters. The van der Waals surface area contributed by atoms with Crippen LogP contribution in [-0.4, -0.2) is 36.3 Å². The molecule has 3 N–H and O–H groups in total. The van der Waals surface area contributed by atoms with Crippen molar-refractivity contribution in [3.8, 4) is 0 Å². The van der Waals surface area contributed by atoms with Crippen molar-refractivity contribution in [1.82, 2.24) is 4.90 Å². The van der Waals surface area contributed by atoms with Gasteiger partial charge >= 0.3 is 0 Å². The lowest BCUT2D eigenvalue weighted by molar-refractivity contribution is -0.676. The minimum atomic E-state index is -0.106. The molecule has 0 bridgehead atoms. The van der Waals surface area contributed by atoms with Crippen LogP contribution in [0.4, 0.5) is 5.69 Å². The average Bonchev–Trinajstić information content (AvgIpc) is 2.82. The fourth-order valence-electron chi connectivity index (χ4n) is 3.76. The molecule has 0 saturated carbocycles. The Morgan fingerprint density at radius 3 is 2.19 bits per heavy atom. The number of carbonyl (C=O) groups excluding carboxylic acids is 2. The molecule has 3 aromatic carbocycles. The van der Waals surface area contributed by atoms with Crippen LogP contribution in [0.5, 0.6) is 0 Å². The molecule has 0 heterocycles. The van der Waals surface area contributed by atoms with Crippen LogP contribution < -0.4 is 10.6 Å². The van der Waals surface area contributed by atoms with Crippen LogP contribution in [0.3, 0.4) is 0 Å². The third-order valence-electron chi connectivity index (χ3n) is 5.58. The number of nitrogens with two attached hydrogens (primary N) is 1. The largest absolute Gasteiger partial charge is 0.339 e. The van der Waals surface area contributed by atoms with Gasteiger partial charge in [-0.25, -0.2) is 0 Å². The van der Waals surface area contributed by atoms with Crippen molar-refractivity contribution in [1.29, 1.82) is 0 Å². The summed E-state index contributed by atoms with van der Waals surface area (Å²) in [7, 11) is 0. The van der Waals surface area contributed by atoms with Gasteiger partial charge in [-0.1, -0.05) is 66.2 Å². The molecule has 0 saturated heterocycles. The zero-order valence-electron chi connectivity index (χ0n) is 19.0. The van der Waals surface area contributed by atoms with Crippen LogP contribution in [-0.2, 0) is 4.79 Å². The molecule has 0 fully saturated rings. The van der Waals surface area contributed by atoms with Crippen molar-refractivity contribution in [2.24, 2.45) is 0 Å².